The maximum atomic E-state index is 11.5. The molecule has 0 atom stereocenters. The van der Waals surface area contributed by atoms with Crippen molar-refractivity contribution in [1.82, 2.24) is 9.78 Å². The van der Waals surface area contributed by atoms with Crippen molar-refractivity contribution >= 4 is 26.0 Å². The number of rotatable bonds is 2. The van der Waals surface area contributed by atoms with E-state index in [1.165, 1.54) is 6.20 Å². The molecule has 0 saturated heterocycles. The van der Waals surface area contributed by atoms with Gasteiger partial charge in [0.05, 0.1) is 11.9 Å². The summed E-state index contributed by atoms with van der Waals surface area (Å²) in [6.07, 6.45) is 1.17. The molecule has 2 aromatic rings. The molecular formula is C10H7BrN4O2S. The molecule has 0 radical (unpaired) electrons. The van der Waals surface area contributed by atoms with E-state index in [9.17, 15) is 8.42 Å². The first-order valence-corrected chi connectivity index (χ1v) is 7.04. The Labute approximate surface area is 112 Å². The van der Waals surface area contributed by atoms with Gasteiger partial charge >= 0.3 is 0 Å². The highest BCUT2D eigenvalue weighted by atomic mass is 79.9. The zero-order chi connectivity index (χ0) is 13.3. The number of aromatic nitrogens is 2. The number of benzene rings is 1. The number of halogens is 1. The highest BCUT2D eigenvalue weighted by Crippen LogP contribution is 2.20. The third-order valence-corrected chi connectivity index (χ3v) is 3.59. The Hall–Kier alpha value is -1.69. The van der Waals surface area contributed by atoms with Crippen molar-refractivity contribution in [3.63, 3.8) is 0 Å². The fourth-order valence-corrected chi connectivity index (χ4v) is 2.67. The zero-order valence-electron chi connectivity index (χ0n) is 8.91. The van der Waals surface area contributed by atoms with Crippen LogP contribution in [0.1, 0.15) is 5.56 Å². The maximum Gasteiger partial charge on any atom is 0.257 e. The van der Waals surface area contributed by atoms with Crippen LogP contribution in [0, 0.1) is 11.3 Å². The SMILES string of the molecule is N#Cc1cnn(-c2cccc(Br)c2)c1S(N)(=O)=O. The second-order valence-corrected chi connectivity index (χ2v) is 5.80. The molecule has 1 aromatic heterocycles. The lowest BCUT2D eigenvalue weighted by Gasteiger charge is -2.06. The molecule has 8 heteroatoms. The lowest BCUT2D eigenvalue weighted by atomic mass is 10.3. The van der Waals surface area contributed by atoms with E-state index < -0.39 is 10.0 Å². The van der Waals surface area contributed by atoms with E-state index in [2.05, 4.69) is 21.0 Å². The quantitative estimate of drug-likeness (QED) is 0.894. The third kappa shape index (κ3) is 2.28. The van der Waals surface area contributed by atoms with Gasteiger partial charge in [-0.05, 0) is 18.2 Å². The molecule has 18 heavy (non-hydrogen) atoms. The van der Waals surface area contributed by atoms with Crippen molar-refractivity contribution in [2.75, 3.05) is 0 Å². The van der Waals surface area contributed by atoms with E-state index in [4.69, 9.17) is 10.4 Å². The summed E-state index contributed by atoms with van der Waals surface area (Å²) in [7, 11) is -4.03. The van der Waals surface area contributed by atoms with Crippen LogP contribution >= 0.6 is 15.9 Å². The Kier molecular flexibility index (Phi) is 3.21. The molecule has 0 saturated carbocycles. The minimum atomic E-state index is -4.03. The van der Waals surface area contributed by atoms with Gasteiger partial charge in [-0.2, -0.15) is 10.4 Å². The summed E-state index contributed by atoms with van der Waals surface area (Å²) >= 11 is 3.27. The Bertz CT molecular complexity index is 745. The fraction of sp³-hybridized carbons (Fsp3) is 0. The topological polar surface area (TPSA) is 102 Å². The number of primary sulfonamides is 1. The van der Waals surface area contributed by atoms with Crippen LogP contribution in [0.3, 0.4) is 0 Å². The number of nitriles is 1. The highest BCUT2D eigenvalue weighted by molar-refractivity contribution is 9.10. The fourth-order valence-electron chi connectivity index (χ4n) is 1.48. The van der Waals surface area contributed by atoms with Crippen LogP contribution in [0.4, 0.5) is 0 Å². The number of nitrogens with zero attached hydrogens (tertiary/aromatic N) is 3. The van der Waals surface area contributed by atoms with E-state index in [-0.39, 0.29) is 10.6 Å². The van der Waals surface area contributed by atoms with Gasteiger partial charge in [-0.25, -0.2) is 18.2 Å². The average Bonchev–Trinajstić information content (AvgIpc) is 2.72. The van der Waals surface area contributed by atoms with E-state index >= 15 is 0 Å². The van der Waals surface area contributed by atoms with Gasteiger partial charge in [-0.1, -0.05) is 22.0 Å². The van der Waals surface area contributed by atoms with E-state index in [1.54, 1.807) is 30.3 Å². The van der Waals surface area contributed by atoms with Gasteiger partial charge in [0.2, 0.25) is 0 Å². The zero-order valence-corrected chi connectivity index (χ0v) is 11.3. The minimum Gasteiger partial charge on any atom is -0.223 e. The monoisotopic (exact) mass is 326 g/mol. The molecule has 1 heterocycles. The number of hydrogen-bond donors (Lipinski definition) is 1. The van der Waals surface area contributed by atoms with Crippen LogP contribution < -0.4 is 5.14 Å². The van der Waals surface area contributed by atoms with Crippen molar-refractivity contribution in [2.45, 2.75) is 5.03 Å². The molecular weight excluding hydrogens is 320 g/mol. The molecule has 0 aliphatic carbocycles. The first-order chi connectivity index (χ1) is 8.43. The summed E-state index contributed by atoms with van der Waals surface area (Å²) in [5.74, 6) is 0. The largest absolute Gasteiger partial charge is 0.257 e. The number of nitrogens with two attached hydrogens (primary N) is 1. The molecule has 0 bridgehead atoms. The molecule has 1 aromatic carbocycles. The van der Waals surface area contributed by atoms with Crippen molar-refractivity contribution in [3.8, 4) is 11.8 Å². The van der Waals surface area contributed by atoms with E-state index in [0.717, 1.165) is 9.15 Å². The molecule has 2 rings (SSSR count). The molecule has 6 nitrogen and oxygen atoms in total. The van der Waals surface area contributed by atoms with Gasteiger partial charge in [0.15, 0.2) is 5.03 Å². The van der Waals surface area contributed by atoms with E-state index in [0.29, 0.717) is 5.69 Å². The molecule has 0 fully saturated rings. The van der Waals surface area contributed by atoms with Crippen LogP contribution in [-0.4, -0.2) is 18.2 Å². The predicted molar refractivity (Wildman–Crippen MR) is 67.4 cm³/mol. The molecule has 2 N–H and O–H groups in total. The van der Waals surface area contributed by atoms with Crippen molar-refractivity contribution < 1.29 is 8.42 Å². The summed E-state index contributed by atoms with van der Waals surface area (Å²) in [5.41, 5.74) is 0.410. The standard InChI is InChI=1S/C10H7BrN4O2S/c11-8-2-1-3-9(4-8)15-10(18(13,16)17)7(5-12)6-14-15/h1-4,6H,(H2,13,16,17). The first kappa shape index (κ1) is 12.8. The highest BCUT2D eigenvalue weighted by Gasteiger charge is 2.22. The van der Waals surface area contributed by atoms with Crippen LogP contribution in [0.2, 0.25) is 0 Å². The number of hydrogen-bond acceptors (Lipinski definition) is 4. The van der Waals surface area contributed by atoms with Crippen LogP contribution in [0.5, 0.6) is 0 Å². The normalized spacial score (nSPS) is 11.2. The number of sulfonamides is 1. The summed E-state index contributed by atoms with van der Waals surface area (Å²) < 4.78 is 24.9. The molecule has 0 spiro atoms. The van der Waals surface area contributed by atoms with Gasteiger partial charge in [-0.3, -0.25) is 0 Å². The van der Waals surface area contributed by atoms with Gasteiger partial charge in [0.1, 0.15) is 11.6 Å². The molecule has 0 aliphatic heterocycles. The summed E-state index contributed by atoms with van der Waals surface area (Å²) in [4.78, 5) is 0. The van der Waals surface area contributed by atoms with Crippen molar-refractivity contribution in [2.24, 2.45) is 5.14 Å². The first-order valence-electron chi connectivity index (χ1n) is 4.70. The Morgan fingerprint density at radius 1 is 1.44 bits per heavy atom. The van der Waals surface area contributed by atoms with Gasteiger partial charge in [-0.15, -0.1) is 0 Å². The summed E-state index contributed by atoms with van der Waals surface area (Å²) in [6, 6.07) is 8.59. The lowest BCUT2D eigenvalue weighted by Crippen LogP contribution is -2.18. The van der Waals surface area contributed by atoms with E-state index in [1.807, 2.05) is 0 Å². The van der Waals surface area contributed by atoms with Crippen molar-refractivity contribution in [1.29, 1.82) is 5.26 Å². The molecule has 0 unspecified atom stereocenters. The van der Waals surface area contributed by atoms with Crippen LogP contribution in [0.15, 0.2) is 40.0 Å². The average molecular weight is 327 g/mol. The van der Waals surface area contributed by atoms with Crippen molar-refractivity contribution in [3.05, 3.63) is 40.5 Å². The Morgan fingerprint density at radius 2 is 2.17 bits per heavy atom. The second-order valence-electron chi connectivity index (χ2n) is 3.41. The van der Waals surface area contributed by atoms with Gasteiger partial charge in [0.25, 0.3) is 10.0 Å². The third-order valence-electron chi connectivity index (χ3n) is 2.17. The minimum absolute atomic E-state index is 0.0857. The Balaban J connectivity index is 2.75. The second kappa shape index (κ2) is 4.53. The summed E-state index contributed by atoms with van der Waals surface area (Å²) in [5, 5.41) is 17.5. The van der Waals surface area contributed by atoms with Crippen LogP contribution in [0.25, 0.3) is 5.69 Å². The molecule has 0 aliphatic rings. The van der Waals surface area contributed by atoms with Gasteiger partial charge in [0, 0.05) is 4.47 Å². The van der Waals surface area contributed by atoms with Gasteiger partial charge < -0.3 is 0 Å². The Morgan fingerprint density at radius 3 is 2.72 bits per heavy atom. The van der Waals surface area contributed by atoms with Crippen LogP contribution in [-0.2, 0) is 10.0 Å². The summed E-state index contributed by atoms with van der Waals surface area (Å²) in [6.45, 7) is 0. The predicted octanol–water partition coefficient (Wildman–Crippen LogP) is 1.15. The maximum absolute atomic E-state index is 11.5. The smallest absolute Gasteiger partial charge is 0.223 e. The molecule has 92 valence electrons. The lowest BCUT2D eigenvalue weighted by molar-refractivity contribution is 0.587. The molecule has 0 amide bonds.